The van der Waals surface area contributed by atoms with Crippen LogP contribution >= 0.6 is 0 Å². The molecule has 0 heterocycles. The lowest BCUT2D eigenvalue weighted by atomic mass is 10.7. The lowest BCUT2D eigenvalue weighted by Gasteiger charge is -1.97. The average molecular weight is 116 g/mol. The van der Waals surface area contributed by atoms with Crippen molar-refractivity contribution in [2.24, 2.45) is 0 Å². The van der Waals surface area contributed by atoms with Crippen molar-refractivity contribution < 1.29 is 6.17 Å². The summed E-state index contributed by atoms with van der Waals surface area (Å²) in [5.41, 5.74) is 0. The van der Waals surface area contributed by atoms with Gasteiger partial charge in [-0.05, 0) is 6.92 Å². The van der Waals surface area contributed by atoms with E-state index in [1.54, 1.807) is 0 Å². The Labute approximate surface area is 49.2 Å². The number of nitrogens with one attached hydrogen (secondary N) is 3. The van der Waals surface area contributed by atoms with Crippen molar-refractivity contribution in [1.82, 2.24) is 10.6 Å². The molecule has 3 N–H and O–H groups in total. The largest absolute Gasteiger partial charge is 0.341 e. The summed E-state index contributed by atoms with van der Waals surface area (Å²) in [5, 5.41) is 11.1. The summed E-state index contributed by atoms with van der Waals surface area (Å²) in [6.07, 6.45) is 0. The van der Waals surface area contributed by atoms with E-state index >= 15 is 0 Å². The van der Waals surface area contributed by atoms with E-state index in [0.29, 0.717) is 0 Å². The summed E-state index contributed by atoms with van der Waals surface area (Å²) in [6, 6.07) is -0.502. The van der Waals surface area contributed by atoms with E-state index in [9.17, 15) is 4.79 Å². The fraction of sp³-hybridized carbons (Fsp3) is 0.500. The van der Waals surface area contributed by atoms with Crippen LogP contribution in [-0.4, -0.2) is 18.9 Å². The minimum Gasteiger partial charge on any atom is -0.341 e. The van der Waals surface area contributed by atoms with Crippen molar-refractivity contribution in [2.45, 2.75) is 6.92 Å². The second-order valence-electron chi connectivity index (χ2n) is 1.26. The van der Waals surface area contributed by atoms with Crippen LogP contribution in [0.4, 0.5) is 4.79 Å². The molecule has 0 aromatic heterocycles. The van der Waals surface area contributed by atoms with Gasteiger partial charge in [0.05, 0.1) is 5.84 Å². The van der Waals surface area contributed by atoms with Gasteiger partial charge in [0.25, 0.3) is 0 Å². The van der Waals surface area contributed by atoms with Gasteiger partial charge in [-0.3, -0.25) is 10.7 Å². The molecular formula is C4H9N3O. The lowest BCUT2D eigenvalue weighted by molar-refractivity contribution is 0.247. The van der Waals surface area contributed by atoms with Crippen molar-refractivity contribution >= 4 is 11.9 Å². The van der Waals surface area contributed by atoms with E-state index in [0.717, 1.165) is 0 Å². The number of hydrogen-bond donors (Lipinski definition) is 3. The number of amidine groups is 1. The van der Waals surface area contributed by atoms with Crippen molar-refractivity contribution in [3.63, 3.8) is 0 Å². The van der Waals surface area contributed by atoms with Gasteiger partial charge in [-0.1, -0.05) is 0 Å². The van der Waals surface area contributed by atoms with Crippen LogP contribution in [0.15, 0.2) is 0 Å². The topological polar surface area (TPSA) is 65.0 Å². The smallest absolute Gasteiger partial charge is 0.319 e. The maximum Gasteiger partial charge on any atom is 0.319 e. The van der Waals surface area contributed by atoms with E-state index in [1.165, 1.54) is 6.92 Å². The number of rotatable bonds is 0. The highest BCUT2D eigenvalue weighted by Gasteiger charge is 1.92. The Kier molecular flexibility index (Phi) is 1.91. The molecule has 0 radical (unpaired) electrons. The molecule has 0 rings (SSSR count). The van der Waals surface area contributed by atoms with Gasteiger partial charge in [0.1, 0.15) is 0 Å². The quantitative estimate of drug-likeness (QED) is 0.300. The van der Waals surface area contributed by atoms with E-state index < -0.39 is 6.03 Å². The van der Waals surface area contributed by atoms with E-state index in [2.05, 4.69) is 10.6 Å². The van der Waals surface area contributed by atoms with Crippen LogP contribution in [0, 0.1) is 5.41 Å². The summed E-state index contributed by atoms with van der Waals surface area (Å²) in [5.74, 6) is 0.0703. The van der Waals surface area contributed by atoms with Gasteiger partial charge in [0.2, 0.25) is 0 Å². The maximum atomic E-state index is 10.4. The predicted molar refractivity (Wildman–Crippen MR) is 31.0 cm³/mol. The number of urea groups is 1. The molecule has 4 nitrogen and oxygen atoms in total. The Morgan fingerprint density at radius 2 is 2.50 bits per heavy atom. The third-order valence-corrected chi connectivity index (χ3v) is 0.462. The molecule has 0 saturated carbocycles. The monoisotopic (exact) mass is 116 g/mol. The van der Waals surface area contributed by atoms with Crippen LogP contribution in [-0.2, 0) is 0 Å². The number of amides is 2. The highest BCUT2D eigenvalue weighted by atomic mass is 16.2. The predicted octanol–water partition coefficient (Wildman–Crippen LogP) is -0.0874. The molecule has 0 aromatic carbocycles. The first-order valence-corrected chi connectivity index (χ1v) is 2.06. The van der Waals surface area contributed by atoms with Gasteiger partial charge in [0.15, 0.2) is 0 Å². The summed E-state index contributed by atoms with van der Waals surface area (Å²) >= 11 is 0. The molecule has 4 heteroatoms. The van der Waals surface area contributed by atoms with Crippen LogP contribution in [0.1, 0.15) is 8.29 Å². The molecule has 0 fully saturated rings. The molecule has 0 aliphatic carbocycles. The Bertz CT molecular complexity index is 125. The second kappa shape index (κ2) is 3.01. The first kappa shape index (κ1) is 5.08. The van der Waals surface area contributed by atoms with Crippen LogP contribution < -0.4 is 10.6 Å². The fourth-order valence-electron chi connectivity index (χ4n) is 0.214. The Balaban J connectivity index is 3.39. The average Bonchev–Trinajstić information content (AvgIpc) is 1.63. The zero-order valence-electron chi connectivity index (χ0n) is 5.62. The van der Waals surface area contributed by atoms with Gasteiger partial charge in [-0.2, -0.15) is 0 Å². The van der Waals surface area contributed by atoms with Crippen LogP contribution in [0.25, 0.3) is 0 Å². The molecule has 0 atom stereocenters. The highest BCUT2D eigenvalue weighted by molar-refractivity contribution is 5.94. The normalized spacial score (nSPS) is 9.38. The molecule has 0 aromatic rings. The van der Waals surface area contributed by atoms with Crippen LogP contribution in [0.5, 0.6) is 0 Å². The zero-order chi connectivity index (χ0) is 7.28. The fourth-order valence-corrected chi connectivity index (χ4v) is 0.214. The highest BCUT2D eigenvalue weighted by Crippen LogP contribution is 1.61. The molecular weight excluding hydrogens is 106 g/mol. The van der Waals surface area contributed by atoms with E-state index in [-0.39, 0.29) is 12.9 Å². The van der Waals surface area contributed by atoms with Crippen molar-refractivity contribution in [3.8, 4) is 0 Å². The summed E-state index contributed by atoms with van der Waals surface area (Å²) in [6.45, 7) is 1.45. The first-order valence-electron chi connectivity index (χ1n) is 2.76. The molecule has 0 spiro atoms. The number of carbonyl (C=O) groups is 1. The van der Waals surface area contributed by atoms with Crippen LogP contribution in [0.2, 0.25) is 0 Å². The van der Waals surface area contributed by atoms with Crippen LogP contribution in [0.3, 0.4) is 0 Å². The third-order valence-electron chi connectivity index (χ3n) is 0.462. The molecule has 0 aliphatic rings. The SMILES string of the molecule is [2H]CNC(=O)NC(C)=N. The molecule has 0 bridgehead atoms. The molecule has 2 amide bonds. The van der Waals surface area contributed by atoms with Crippen molar-refractivity contribution in [1.29, 1.82) is 5.41 Å². The van der Waals surface area contributed by atoms with Gasteiger partial charge in [-0.15, -0.1) is 0 Å². The Morgan fingerprint density at radius 3 is 2.88 bits per heavy atom. The molecule has 8 heavy (non-hydrogen) atoms. The molecule has 0 saturated heterocycles. The van der Waals surface area contributed by atoms with Gasteiger partial charge in [-0.25, -0.2) is 4.79 Å². The van der Waals surface area contributed by atoms with Crippen molar-refractivity contribution in [2.75, 3.05) is 7.02 Å². The second-order valence-corrected chi connectivity index (χ2v) is 1.26. The number of carbonyl (C=O) groups excluding carboxylic acids is 1. The standard InChI is InChI=1S/C4H9N3O/c1-3(5)7-4(8)6-2/h1-2H3,(H3,5,6,7,8)/i2D. The Hall–Kier alpha value is -1.06. The first-order chi connectivity index (χ1) is 4.16. The summed E-state index contributed by atoms with van der Waals surface area (Å²) < 4.78 is 6.53. The van der Waals surface area contributed by atoms with Gasteiger partial charge in [0, 0.05) is 8.39 Å². The zero-order valence-corrected chi connectivity index (χ0v) is 4.62. The van der Waals surface area contributed by atoms with E-state index in [4.69, 9.17) is 6.78 Å². The summed E-state index contributed by atoms with van der Waals surface area (Å²) in [4.78, 5) is 10.4. The minimum atomic E-state index is -0.502. The Morgan fingerprint density at radius 1 is 1.88 bits per heavy atom. The lowest BCUT2D eigenvalue weighted by Crippen LogP contribution is -2.35. The number of hydrogen-bond acceptors (Lipinski definition) is 2. The molecule has 0 aliphatic heterocycles. The minimum absolute atomic E-state index is 0.0703. The summed E-state index contributed by atoms with van der Waals surface area (Å²) in [7, 11) is -0.168. The van der Waals surface area contributed by atoms with Crippen molar-refractivity contribution in [3.05, 3.63) is 0 Å². The van der Waals surface area contributed by atoms with Gasteiger partial charge >= 0.3 is 6.03 Å². The third kappa shape index (κ3) is 3.14. The maximum absolute atomic E-state index is 10.4. The van der Waals surface area contributed by atoms with Gasteiger partial charge < -0.3 is 5.32 Å². The molecule has 0 unspecified atom stereocenters. The molecule has 46 valence electrons. The van der Waals surface area contributed by atoms with E-state index in [1.807, 2.05) is 0 Å².